The highest BCUT2D eigenvalue weighted by Gasteiger charge is 2.16. The average Bonchev–Trinajstić information content (AvgIpc) is 3.16. The number of anilines is 2. The summed E-state index contributed by atoms with van der Waals surface area (Å²) in [6.45, 7) is 5.48. The van der Waals surface area contributed by atoms with E-state index in [9.17, 15) is 4.39 Å². The van der Waals surface area contributed by atoms with Gasteiger partial charge in [-0.2, -0.15) is 0 Å². The lowest BCUT2D eigenvalue weighted by Gasteiger charge is -2.19. The lowest BCUT2D eigenvalue weighted by Crippen LogP contribution is -2.19. The topological polar surface area (TPSA) is 33.1 Å². The summed E-state index contributed by atoms with van der Waals surface area (Å²) in [6.07, 6.45) is 6.05. The molecule has 2 aromatic rings. The van der Waals surface area contributed by atoms with Crippen LogP contribution in [-0.2, 0) is 13.1 Å². The third-order valence-corrected chi connectivity index (χ3v) is 3.99. The number of aromatic nitrogens is 2. The highest BCUT2D eigenvalue weighted by Crippen LogP contribution is 2.26. The van der Waals surface area contributed by atoms with Crippen LogP contribution < -0.4 is 10.2 Å². The molecule has 1 fully saturated rings. The SMILES string of the molecule is CCn1ccnc1CNc1ccc(N2CCCC2)c(F)c1. The molecule has 0 atom stereocenters. The van der Waals surface area contributed by atoms with E-state index in [1.807, 2.05) is 18.3 Å². The van der Waals surface area contributed by atoms with Gasteiger partial charge in [-0.1, -0.05) is 0 Å². The van der Waals surface area contributed by atoms with Crippen LogP contribution in [0.15, 0.2) is 30.6 Å². The fraction of sp³-hybridized carbons (Fsp3) is 0.438. The van der Waals surface area contributed by atoms with Crippen molar-refractivity contribution in [2.75, 3.05) is 23.3 Å². The van der Waals surface area contributed by atoms with Crippen LogP contribution in [-0.4, -0.2) is 22.6 Å². The molecule has 0 saturated carbocycles. The number of halogens is 1. The molecular weight excluding hydrogens is 267 g/mol. The minimum absolute atomic E-state index is 0.152. The monoisotopic (exact) mass is 288 g/mol. The summed E-state index contributed by atoms with van der Waals surface area (Å²) in [5.41, 5.74) is 1.51. The summed E-state index contributed by atoms with van der Waals surface area (Å²) >= 11 is 0. The van der Waals surface area contributed by atoms with E-state index in [1.54, 1.807) is 12.3 Å². The van der Waals surface area contributed by atoms with Crippen molar-refractivity contribution < 1.29 is 4.39 Å². The van der Waals surface area contributed by atoms with Gasteiger partial charge >= 0.3 is 0 Å². The van der Waals surface area contributed by atoms with Crippen molar-refractivity contribution in [1.82, 2.24) is 9.55 Å². The molecule has 1 aliphatic rings. The third-order valence-electron chi connectivity index (χ3n) is 3.99. The highest BCUT2D eigenvalue weighted by atomic mass is 19.1. The first-order valence-corrected chi connectivity index (χ1v) is 7.56. The Balaban J connectivity index is 1.67. The maximum Gasteiger partial charge on any atom is 0.148 e. The van der Waals surface area contributed by atoms with Crippen molar-refractivity contribution in [2.24, 2.45) is 0 Å². The summed E-state index contributed by atoms with van der Waals surface area (Å²) in [6, 6.07) is 5.39. The van der Waals surface area contributed by atoms with Crippen molar-refractivity contribution in [2.45, 2.75) is 32.9 Å². The van der Waals surface area contributed by atoms with Crippen LogP contribution in [0.4, 0.5) is 15.8 Å². The van der Waals surface area contributed by atoms with E-state index in [-0.39, 0.29) is 5.82 Å². The molecule has 112 valence electrons. The summed E-state index contributed by atoms with van der Waals surface area (Å²) in [5.74, 6) is 0.808. The van der Waals surface area contributed by atoms with Gasteiger partial charge in [0.15, 0.2) is 0 Å². The average molecular weight is 288 g/mol. The number of aryl methyl sites for hydroxylation is 1. The molecule has 1 N–H and O–H groups in total. The number of imidazole rings is 1. The molecule has 0 radical (unpaired) electrons. The van der Waals surface area contributed by atoms with Gasteiger partial charge in [0.2, 0.25) is 0 Å². The summed E-state index contributed by atoms with van der Waals surface area (Å²) in [7, 11) is 0. The van der Waals surface area contributed by atoms with Gasteiger partial charge in [-0.3, -0.25) is 0 Å². The van der Waals surface area contributed by atoms with Crippen LogP contribution in [0.1, 0.15) is 25.6 Å². The zero-order chi connectivity index (χ0) is 14.7. The Morgan fingerprint density at radius 3 is 2.81 bits per heavy atom. The van der Waals surface area contributed by atoms with Gasteiger partial charge in [-0.05, 0) is 38.0 Å². The summed E-state index contributed by atoms with van der Waals surface area (Å²) in [5, 5.41) is 3.24. The van der Waals surface area contributed by atoms with Gasteiger partial charge in [0.1, 0.15) is 11.6 Å². The van der Waals surface area contributed by atoms with Crippen LogP contribution in [0.25, 0.3) is 0 Å². The van der Waals surface area contributed by atoms with E-state index in [0.29, 0.717) is 12.2 Å². The normalized spacial score (nSPS) is 14.7. The van der Waals surface area contributed by atoms with Gasteiger partial charge in [-0.25, -0.2) is 9.37 Å². The predicted octanol–water partition coefficient (Wildman–Crippen LogP) is 3.25. The lowest BCUT2D eigenvalue weighted by molar-refractivity contribution is 0.623. The molecule has 5 heteroatoms. The van der Waals surface area contributed by atoms with Gasteiger partial charge < -0.3 is 14.8 Å². The van der Waals surface area contributed by atoms with Crippen LogP contribution in [0.5, 0.6) is 0 Å². The molecular formula is C16H21FN4. The van der Waals surface area contributed by atoms with E-state index >= 15 is 0 Å². The Morgan fingerprint density at radius 2 is 2.10 bits per heavy atom. The maximum atomic E-state index is 14.2. The Morgan fingerprint density at radius 1 is 1.29 bits per heavy atom. The highest BCUT2D eigenvalue weighted by molar-refractivity contribution is 5.56. The first kappa shape index (κ1) is 13.9. The van der Waals surface area contributed by atoms with E-state index in [2.05, 4.69) is 26.7 Å². The zero-order valence-corrected chi connectivity index (χ0v) is 12.3. The Hall–Kier alpha value is -2.04. The number of hydrogen-bond donors (Lipinski definition) is 1. The lowest BCUT2D eigenvalue weighted by atomic mass is 10.2. The molecule has 0 bridgehead atoms. The van der Waals surface area contributed by atoms with Gasteiger partial charge in [0.05, 0.1) is 12.2 Å². The number of hydrogen-bond acceptors (Lipinski definition) is 3. The second-order valence-electron chi connectivity index (χ2n) is 5.34. The van der Waals surface area contributed by atoms with Crippen molar-refractivity contribution in [3.63, 3.8) is 0 Å². The Bertz CT molecular complexity index is 602. The second-order valence-corrected chi connectivity index (χ2v) is 5.34. The van der Waals surface area contributed by atoms with Crippen molar-refractivity contribution in [3.8, 4) is 0 Å². The smallest absolute Gasteiger partial charge is 0.148 e. The second kappa shape index (κ2) is 6.16. The first-order valence-electron chi connectivity index (χ1n) is 7.56. The third kappa shape index (κ3) is 3.01. The van der Waals surface area contributed by atoms with Gasteiger partial charge in [0.25, 0.3) is 0 Å². The number of nitrogens with zero attached hydrogens (tertiary/aromatic N) is 3. The molecule has 1 saturated heterocycles. The maximum absolute atomic E-state index is 14.2. The van der Waals surface area contributed by atoms with E-state index < -0.39 is 0 Å². The molecule has 1 aromatic heterocycles. The minimum Gasteiger partial charge on any atom is -0.378 e. The van der Waals surface area contributed by atoms with E-state index in [0.717, 1.165) is 44.0 Å². The van der Waals surface area contributed by atoms with Crippen molar-refractivity contribution >= 4 is 11.4 Å². The number of rotatable bonds is 5. The quantitative estimate of drug-likeness (QED) is 0.917. The molecule has 4 nitrogen and oxygen atoms in total. The zero-order valence-electron chi connectivity index (χ0n) is 12.3. The van der Waals surface area contributed by atoms with Crippen LogP contribution in [0, 0.1) is 5.82 Å². The summed E-state index contributed by atoms with van der Waals surface area (Å²) < 4.78 is 16.3. The molecule has 0 spiro atoms. The largest absolute Gasteiger partial charge is 0.378 e. The number of benzene rings is 1. The molecule has 1 aromatic carbocycles. The Kier molecular flexibility index (Phi) is 4.08. The van der Waals surface area contributed by atoms with E-state index in [1.165, 1.54) is 0 Å². The molecule has 0 aliphatic carbocycles. The van der Waals surface area contributed by atoms with E-state index in [4.69, 9.17) is 0 Å². The van der Waals surface area contributed by atoms with Crippen LogP contribution in [0.3, 0.4) is 0 Å². The summed E-state index contributed by atoms with van der Waals surface area (Å²) in [4.78, 5) is 6.42. The van der Waals surface area contributed by atoms with Crippen LogP contribution in [0.2, 0.25) is 0 Å². The first-order chi connectivity index (χ1) is 10.3. The molecule has 3 rings (SSSR count). The van der Waals surface area contributed by atoms with Crippen molar-refractivity contribution in [1.29, 1.82) is 0 Å². The molecule has 0 amide bonds. The van der Waals surface area contributed by atoms with Gasteiger partial charge in [-0.15, -0.1) is 0 Å². The van der Waals surface area contributed by atoms with Crippen molar-refractivity contribution in [3.05, 3.63) is 42.2 Å². The van der Waals surface area contributed by atoms with Crippen LogP contribution >= 0.6 is 0 Å². The minimum atomic E-state index is -0.152. The molecule has 21 heavy (non-hydrogen) atoms. The molecule has 0 unspecified atom stereocenters. The van der Waals surface area contributed by atoms with Gasteiger partial charge in [0, 0.05) is 37.7 Å². The fourth-order valence-corrected chi connectivity index (χ4v) is 2.81. The predicted molar refractivity (Wildman–Crippen MR) is 83.1 cm³/mol. The molecule has 1 aliphatic heterocycles. The fourth-order valence-electron chi connectivity index (χ4n) is 2.81. The Labute approximate surface area is 124 Å². The molecule has 2 heterocycles. The number of nitrogens with one attached hydrogen (secondary N) is 1. The standard InChI is InChI=1S/C16H21FN4/c1-2-20-10-7-18-16(20)12-19-13-5-6-15(14(17)11-13)21-8-3-4-9-21/h5-7,10-11,19H,2-4,8-9,12H2,1H3.